The monoisotopic (exact) mass is 839 g/mol. The topological polar surface area (TPSA) is 198 Å². The van der Waals surface area contributed by atoms with E-state index in [2.05, 4.69) is 19.9 Å². The van der Waals surface area contributed by atoms with Crippen molar-refractivity contribution in [2.45, 2.75) is 27.7 Å². The van der Waals surface area contributed by atoms with Crippen molar-refractivity contribution in [1.82, 2.24) is 39.5 Å². The van der Waals surface area contributed by atoms with Crippen LogP contribution < -0.4 is 19.6 Å². The molecule has 2 aromatic rings. The number of rotatable bonds is 10. The minimum absolute atomic E-state index is 0.00802. The zero-order valence-electron chi connectivity index (χ0n) is 35.7. The summed E-state index contributed by atoms with van der Waals surface area (Å²) in [6.45, 7) is 24.1. The third-order valence-corrected chi connectivity index (χ3v) is 13.8. The maximum atomic E-state index is 12.9. The number of nitrogens with zero attached hydrogens (tertiary/aromatic N) is 16. The van der Waals surface area contributed by atoms with Gasteiger partial charge in [-0.15, -0.1) is 0 Å². The fraction of sp³-hybridized carbons (Fsp3) is 0.737. The second-order valence-electron chi connectivity index (χ2n) is 16.6. The van der Waals surface area contributed by atoms with Crippen LogP contribution in [0.25, 0.3) is 0 Å². The fourth-order valence-electron chi connectivity index (χ4n) is 9.75. The van der Waals surface area contributed by atoms with Crippen molar-refractivity contribution in [3.05, 3.63) is 32.9 Å². The maximum Gasteiger partial charge on any atom is 0.353 e. The molecule has 5 fully saturated rings. The lowest BCUT2D eigenvalue weighted by Gasteiger charge is -2.54. The van der Waals surface area contributed by atoms with Crippen LogP contribution in [0.2, 0.25) is 0 Å². The van der Waals surface area contributed by atoms with Gasteiger partial charge in [0.05, 0.1) is 62.2 Å². The number of quaternary nitrogens is 2. The summed E-state index contributed by atoms with van der Waals surface area (Å²) >= 11 is 0. The second kappa shape index (κ2) is 18.1. The Morgan fingerprint density at radius 3 is 1.02 bits per heavy atom. The number of piperazine rings is 5. The number of hydrogen-bond donors (Lipinski definition) is 0. The average Bonchev–Trinajstić information content (AvgIpc) is 3.28. The molecule has 7 rings (SSSR count). The normalized spacial score (nSPS) is 20.4. The number of anilines is 4. The van der Waals surface area contributed by atoms with Crippen LogP contribution in [-0.4, -0.2) is 227 Å². The Bertz CT molecular complexity index is 1720. The average molecular weight is 839 g/mol. The zero-order chi connectivity index (χ0) is 42.6. The highest BCUT2D eigenvalue weighted by atomic mass is 16.6. The molecule has 5 aliphatic heterocycles. The Balaban J connectivity index is 0.938. The Kier molecular flexibility index (Phi) is 12.9. The van der Waals surface area contributed by atoms with Gasteiger partial charge in [0.15, 0.2) is 0 Å². The number of nitro groups is 2. The number of amides is 4. The quantitative estimate of drug-likeness (QED) is 0.188. The van der Waals surface area contributed by atoms with Crippen molar-refractivity contribution in [3.63, 3.8) is 0 Å². The van der Waals surface area contributed by atoms with E-state index >= 15 is 0 Å². The summed E-state index contributed by atoms with van der Waals surface area (Å²) in [4.78, 5) is 83.1. The lowest BCUT2D eigenvalue weighted by atomic mass is 10.1. The SMILES string of the molecule is CCN(CC)C(=O)N1CCN(c2ncnc(N3CC[N+]4(CC3)CC[N+]3(CCN(c5ncnc(N6CCN(C(=O)N(CC)CC)CC6)c5[N+](=O)[O-])CC3)CC4)c2[N+](=O)[O-])CC1. The van der Waals surface area contributed by atoms with E-state index in [4.69, 9.17) is 0 Å². The van der Waals surface area contributed by atoms with Gasteiger partial charge < -0.3 is 48.2 Å². The molecule has 5 aliphatic rings. The third kappa shape index (κ3) is 8.48. The van der Waals surface area contributed by atoms with E-state index in [0.717, 1.165) is 61.3 Å². The first kappa shape index (κ1) is 42.7. The van der Waals surface area contributed by atoms with Gasteiger partial charge in [-0.05, 0) is 27.7 Å². The lowest BCUT2D eigenvalue weighted by Crippen LogP contribution is -2.73. The Labute approximate surface area is 351 Å². The molecule has 328 valence electrons. The molecule has 0 atom stereocenters. The summed E-state index contributed by atoms with van der Waals surface area (Å²) in [6.07, 6.45) is 2.85. The minimum atomic E-state index is -0.360. The van der Waals surface area contributed by atoms with Crippen molar-refractivity contribution >= 4 is 46.7 Å². The van der Waals surface area contributed by atoms with Gasteiger partial charge in [-0.2, -0.15) is 0 Å². The van der Waals surface area contributed by atoms with E-state index in [0.29, 0.717) is 128 Å². The first-order valence-corrected chi connectivity index (χ1v) is 21.7. The van der Waals surface area contributed by atoms with Crippen LogP contribution in [0, 0.1) is 20.2 Å². The molecular formula is C38H62N16O6+2. The Morgan fingerprint density at radius 2 is 0.767 bits per heavy atom. The van der Waals surface area contributed by atoms with Gasteiger partial charge >= 0.3 is 23.4 Å². The molecule has 22 nitrogen and oxygen atoms in total. The highest BCUT2D eigenvalue weighted by Gasteiger charge is 2.47. The van der Waals surface area contributed by atoms with Gasteiger partial charge in [0.25, 0.3) is 0 Å². The van der Waals surface area contributed by atoms with Crippen LogP contribution in [0.4, 0.5) is 44.2 Å². The number of carbonyl (C=O) groups excluding carboxylic acids is 2. The van der Waals surface area contributed by atoms with E-state index in [1.165, 1.54) is 12.7 Å². The molecule has 0 radical (unpaired) electrons. The van der Waals surface area contributed by atoms with Gasteiger partial charge in [0.2, 0.25) is 23.3 Å². The number of urea groups is 2. The molecule has 4 amide bonds. The molecule has 0 aromatic carbocycles. The van der Waals surface area contributed by atoms with E-state index in [9.17, 15) is 29.8 Å². The first-order valence-electron chi connectivity index (χ1n) is 21.7. The Morgan fingerprint density at radius 1 is 0.500 bits per heavy atom. The van der Waals surface area contributed by atoms with Crippen LogP contribution in [0.1, 0.15) is 27.7 Å². The molecular weight excluding hydrogens is 777 g/mol. The molecule has 7 heterocycles. The second-order valence-corrected chi connectivity index (χ2v) is 16.6. The predicted octanol–water partition coefficient (Wildman–Crippen LogP) is 1.24. The smallest absolute Gasteiger partial charge is 0.347 e. The van der Waals surface area contributed by atoms with Crippen molar-refractivity contribution in [2.75, 3.05) is 177 Å². The van der Waals surface area contributed by atoms with Crippen molar-refractivity contribution in [1.29, 1.82) is 0 Å². The fourth-order valence-corrected chi connectivity index (χ4v) is 9.75. The van der Waals surface area contributed by atoms with Gasteiger partial charge in [0, 0.05) is 78.5 Å². The van der Waals surface area contributed by atoms with Crippen LogP contribution >= 0.6 is 0 Å². The maximum absolute atomic E-state index is 12.9. The van der Waals surface area contributed by atoms with Gasteiger partial charge in [-0.1, -0.05) is 0 Å². The number of aromatic nitrogens is 4. The molecule has 5 saturated heterocycles. The van der Waals surface area contributed by atoms with E-state index < -0.39 is 0 Å². The summed E-state index contributed by atoms with van der Waals surface area (Å²) in [6, 6.07) is -0.0160. The Hall–Kier alpha value is -5.38. The molecule has 0 N–H and O–H groups in total. The standard InChI is InChI=1S/C38H62N16O6/c1-5-43(6-2)37(55)49-13-9-45(10-14-49)33-31(51(57)58)35(41-29-39-33)47-17-21-53(22-18-47)25-27-54(28-26-53)23-19-48(20-24-54)36-32(52(59)60)34(40-30-42-36)46-11-15-50(16-12-46)38(56)44(7-3)8-4/h29-30H,5-28H2,1-4H3/q+2. The summed E-state index contributed by atoms with van der Waals surface area (Å²) in [5.41, 5.74) is -0.145. The highest BCUT2D eigenvalue weighted by Crippen LogP contribution is 2.38. The number of carbonyl (C=O) groups is 2. The van der Waals surface area contributed by atoms with Crippen molar-refractivity contribution < 1.29 is 28.4 Å². The van der Waals surface area contributed by atoms with Crippen LogP contribution in [0.15, 0.2) is 12.7 Å². The molecule has 60 heavy (non-hydrogen) atoms. The van der Waals surface area contributed by atoms with Gasteiger partial charge in [0.1, 0.15) is 38.8 Å². The largest absolute Gasteiger partial charge is 0.353 e. The van der Waals surface area contributed by atoms with Crippen LogP contribution in [0.5, 0.6) is 0 Å². The van der Waals surface area contributed by atoms with Gasteiger partial charge in [-0.3, -0.25) is 20.2 Å². The summed E-state index contributed by atoms with van der Waals surface area (Å²) in [5, 5.41) is 25.2. The summed E-state index contributed by atoms with van der Waals surface area (Å²) in [5.74, 6) is 1.33. The van der Waals surface area contributed by atoms with E-state index in [-0.39, 0.29) is 33.3 Å². The van der Waals surface area contributed by atoms with Crippen molar-refractivity contribution in [3.8, 4) is 0 Å². The van der Waals surface area contributed by atoms with Crippen LogP contribution in [-0.2, 0) is 0 Å². The number of hydrogen-bond acceptors (Lipinski definition) is 14. The molecule has 0 saturated carbocycles. The molecule has 2 aromatic heterocycles. The van der Waals surface area contributed by atoms with E-state index in [1.54, 1.807) is 19.6 Å². The zero-order valence-corrected chi connectivity index (χ0v) is 35.7. The highest BCUT2D eigenvalue weighted by molar-refractivity contribution is 5.77. The first-order chi connectivity index (χ1) is 29.0. The molecule has 0 bridgehead atoms. The predicted molar refractivity (Wildman–Crippen MR) is 225 cm³/mol. The third-order valence-electron chi connectivity index (χ3n) is 13.8. The summed E-state index contributed by atoms with van der Waals surface area (Å²) < 4.78 is 1.92. The molecule has 2 spiro atoms. The lowest BCUT2D eigenvalue weighted by molar-refractivity contribution is -1.03. The molecule has 0 aliphatic carbocycles. The van der Waals surface area contributed by atoms with Crippen LogP contribution in [0.3, 0.4) is 0 Å². The van der Waals surface area contributed by atoms with E-state index in [1.807, 2.05) is 47.3 Å². The molecule has 0 unspecified atom stereocenters. The minimum Gasteiger partial charge on any atom is -0.347 e. The summed E-state index contributed by atoms with van der Waals surface area (Å²) in [7, 11) is 0. The van der Waals surface area contributed by atoms with Crippen molar-refractivity contribution in [2.24, 2.45) is 0 Å². The molecule has 22 heteroatoms. The van der Waals surface area contributed by atoms with Gasteiger partial charge in [-0.25, -0.2) is 29.5 Å².